The van der Waals surface area contributed by atoms with Gasteiger partial charge in [-0.05, 0) is 68.9 Å². The molecule has 2 rings (SSSR count). The van der Waals surface area contributed by atoms with Crippen LogP contribution in [0.5, 0.6) is 0 Å². The molecule has 1 fully saturated rings. The number of amides is 1. The fourth-order valence-corrected chi connectivity index (χ4v) is 4.31. The highest BCUT2D eigenvalue weighted by Crippen LogP contribution is 2.27. The molecule has 29 heavy (non-hydrogen) atoms. The van der Waals surface area contributed by atoms with Crippen molar-refractivity contribution >= 4 is 39.0 Å². The maximum Gasteiger partial charge on any atom is 0.306 e. The molecule has 0 aliphatic heterocycles. The number of ether oxygens (including phenoxy) is 1. The molecule has 7 nitrogen and oxygen atoms in total. The van der Waals surface area contributed by atoms with Crippen LogP contribution in [-0.4, -0.2) is 44.3 Å². The van der Waals surface area contributed by atoms with Crippen molar-refractivity contribution in [1.29, 1.82) is 0 Å². The molecule has 160 valence electrons. The first-order chi connectivity index (χ1) is 13.6. The number of hydrogen-bond donors (Lipinski definition) is 2. The van der Waals surface area contributed by atoms with Gasteiger partial charge in [0.25, 0.3) is 5.91 Å². The van der Waals surface area contributed by atoms with Crippen LogP contribution in [-0.2, 0) is 19.4 Å². The number of halogens is 1. The molecule has 0 atom stereocenters. The topological polar surface area (TPSA) is 102 Å². The summed E-state index contributed by atoms with van der Waals surface area (Å²) in [4.78, 5) is 23.3. The average molecular weight is 445 g/mol. The van der Waals surface area contributed by atoms with Gasteiger partial charge in [-0.3, -0.25) is 14.9 Å². The number of sulfone groups is 1. The molecule has 1 aliphatic rings. The molecule has 1 amide bonds. The second-order valence-electron chi connectivity index (χ2n) is 7.07. The third-order valence-electron chi connectivity index (χ3n) is 4.76. The molecule has 10 heteroatoms. The van der Waals surface area contributed by atoms with Crippen molar-refractivity contribution in [2.45, 2.75) is 50.0 Å². The number of esters is 1. The zero-order chi connectivity index (χ0) is 21.6. The van der Waals surface area contributed by atoms with Crippen molar-refractivity contribution < 1.29 is 27.1 Å². The van der Waals surface area contributed by atoms with E-state index in [-0.39, 0.29) is 28.6 Å². The summed E-state index contributed by atoms with van der Waals surface area (Å²) in [6, 6.07) is 3.19. The molecular weight excluding hydrogens is 419 g/mol. The van der Waals surface area contributed by atoms with Gasteiger partial charge in [-0.25, -0.2) is 12.8 Å². The van der Waals surface area contributed by atoms with E-state index >= 15 is 0 Å². The molecule has 0 bridgehead atoms. The number of nitrogens with one attached hydrogen (secondary N) is 2. The summed E-state index contributed by atoms with van der Waals surface area (Å²) in [5.41, 5.74) is -0.00544. The standard InChI is InChI=1S/C19H25FN2O5S2/c1-3-27-17(23)10-12-4-7-14(8-5-12)21-19(28)22-18(24)13-6-9-15(20)16(11-13)29(2,25)26/h6,9,11-12,14H,3-5,7-8,10H2,1-2H3,(H2,21,22,24,28). The summed E-state index contributed by atoms with van der Waals surface area (Å²) in [5, 5.41) is 5.68. The summed E-state index contributed by atoms with van der Waals surface area (Å²) in [6.07, 6.45) is 4.59. The van der Waals surface area contributed by atoms with Crippen molar-refractivity contribution in [3.63, 3.8) is 0 Å². The van der Waals surface area contributed by atoms with Crippen LogP contribution in [0.2, 0.25) is 0 Å². The summed E-state index contributed by atoms with van der Waals surface area (Å²) in [5.74, 6) is -1.43. The maximum atomic E-state index is 13.7. The van der Waals surface area contributed by atoms with E-state index in [1.165, 1.54) is 6.07 Å². The largest absolute Gasteiger partial charge is 0.466 e. The Morgan fingerprint density at radius 3 is 2.48 bits per heavy atom. The summed E-state index contributed by atoms with van der Waals surface area (Å²) in [7, 11) is -3.79. The van der Waals surface area contributed by atoms with Gasteiger partial charge in [0, 0.05) is 24.3 Å². The first-order valence-corrected chi connectivity index (χ1v) is 11.7. The van der Waals surface area contributed by atoms with E-state index in [4.69, 9.17) is 17.0 Å². The first kappa shape index (κ1) is 23.2. The van der Waals surface area contributed by atoms with Gasteiger partial charge < -0.3 is 10.1 Å². The molecule has 0 saturated heterocycles. The second-order valence-corrected chi connectivity index (χ2v) is 9.46. The molecule has 2 N–H and O–H groups in total. The van der Waals surface area contributed by atoms with E-state index in [1.807, 2.05) is 0 Å². The lowest BCUT2D eigenvalue weighted by Gasteiger charge is -2.29. The van der Waals surface area contributed by atoms with Crippen LogP contribution in [0.15, 0.2) is 23.1 Å². The lowest BCUT2D eigenvalue weighted by molar-refractivity contribution is -0.144. The van der Waals surface area contributed by atoms with Crippen molar-refractivity contribution in [2.75, 3.05) is 12.9 Å². The first-order valence-electron chi connectivity index (χ1n) is 9.37. The van der Waals surface area contributed by atoms with Crippen LogP contribution in [0.1, 0.15) is 49.4 Å². The van der Waals surface area contributed by atoms with Crippen molar-refractivity contribution in [1.82, 2.24) is 10.6 Å². The van der Waals surface area contributed by atoms with Crippen LogP contribution in [0.4, 0.5) is 4.39 Å². The van der Waals surface area contributed by atoms with Gasteiger partial charge >= 0.3 is 5.97 Å². The minimum absolute atomic E-state index is 0.00544. The Hall–Kier alpha value is -2.07. The van der Waals surface area contributed by atoms with Gasteiger partial charge in [-0.15, -0.1) is 0 Å². The monoisotopic (exact) mass is 444 g/mol. The molecule has 0 radical (unpaired) electrons. The summed E-state index contributed by atoms with van der Waals surface area (Å²) >= 11 is 5.17. The van der Waals surface area contributed by atoms with Crippen molar-refractivity contribution in [2.24, 2.45) is 5.92 Å². The van der Waals surface area contributed by atoms with Crippen LogP contribution in [0.3, 0.4) is 0 Å². The minimum Gasteiger partial charge on any atom is -0.466 e. The normalized spacial score (nSPS) is 19.3. The third kappa shape index (κ3) is 7.04. The predicted molar refractivity (Wildman–Crippen MR) is 110 cm³/mol. The van der Waals surface area contributed by atoms with Gasteiger partial charge in [0.05, 0.1) is 6.61 Å². The lowest BCUT2D eigenvalue weighted by atomic mass is 9.84. The Bertz CT molecular complexity index is 881. The molecular formula is C19H25FN2O5S2. The number of rotatable bonds is 6. The molecule has 1 aromatic rings. The molecule has 0 heterocycles. The van der Waals surface area contributed by atoms with Gasteiger partial charge in [-0.1, -0.05) is 0 Å². The third-order valence-corrected chi connectivity index (χ3v) is 6.09. The Balaban J connectivity index is 1.86. The highest BCUT2D eigenvalue weighted by atomic mass is 32.2. The Labute approximate surface area is 175 Å². The zero-order valence-electron chi connectivity index (χ0n) is 16.4. The highest BCUT2D eigenvalue weighted by molar-refractivity contribution is 7.90. The Morgan fingerprint density at radius 2 is 1.90 bits per heavy atom. The second kappa shape index (κ2) is 10.1. The van der Waals surface area contributed by atoms with Gasteiger partial charge in [0.2, 0.25) is 0 Å². The number of carbonyl (C=O) groups is 2. The van der Waals surface area contributed by atoms with E-state index < -0.39 is 26.5 Å². The summed E-state index contributed by atoms with van der Waals surface area (Å²) < 4.78 is 41.9. The predicted octanol–water partition coefficient (Wildman–Crippen LogP) is 2.35. The van der Waals surface area contributed by atoms with Gasteiger partial charge in [-0.2, -0.15) is 0 Å². The molecule has 1 aromatic carbocycles. The molecule has 1 aliphatic carbocycles. The smallest absolute Gasteiger partial charge is 0.306 e. The van der Waals surface area contributed by atoms with E-state index in [9.17, 15) is 22.4 Å². The number of thiocarbonyl (C=S) groups is 1. The number of hydrogen-bond acceptors (Lipinski definition) is 6. The molecule has 1 saturated carbocycles. The number of carbonyl (C=O) groups excluding carboxylic acids is 2. The highest BCUT2D eigenvalue weighted by Gasteiger charge is 2.24. The fourth-order valence-electron chi connectivity index (χ4n) is 3.29. The fraction of sp³-hybridized carbons (Fsp3) is 0.526. The molecule has 0 spiro atoms. The lowest BCUT2D eigenvalue weighted by Crippen LogP contribution is -2.45. The van der Waals surface area contributed by atoms with E-state index in [0.29, 0.717) is 13.0 Å². The SMILES string of the molecule is CCOC(=O)CC1CCC(NC(=S)NC(=O)c2ccc(F)c(S(C)(=O)=O)c2)CC1. The zero-order valence-corrected chi connectivity index (χ0v) is 18.0. The van der Waals surface area contributed by atoms with E-state index in [0.717, 1.165) is 44.1 Å². The van der Waals surface area contributed by atoms with Crippen LogP contribution < -0.4 is 10.6 Å². The van der Waals surface area contributed by atoms with Gasteiger partial charge in [0.1, 0.15) is 10.7 Å². The Morgan fingerprint density at radius 1 is 1.24 bits per heavy atom. The minimum atomic E-state index is -3.79. The van der Waals surface area contributed by atoms with Crippen LogP contribution in [0.25, 0.3) is 0 Å². The van der Waals surface area contributed by atoms with E-state index in [2.05, 4.69) is 10.6 Å². The average Bonchev–Trinajstić information content (AvgIpc) is 2.62. The van der Waals surface area contributed by atoms with Crippen molar-refractivity contribution in [3.05, 3.63) is 29.6 Å². The van der Waals surface area contributed by atoms with Crippen LogP contribution in [0, 0.1) is 11.7 Å². The molecule has 0 unspecified atom stereocenters. The Kier molecular flexibility index (Phi) is 8.09. The summed E-state index contributed by atoms with van der Waals surface area (Å²) in [6.45, 7) is 2.16. The molecule has 0 aromatic heterocycles. The maximum absolute atomic E-state index is 13.7. The quantitative estimate of drug-likeness (QED) is 0.513. The number of benzene rings is 1. The van der Waals surface area contributed by atoms with Gasteiger partial charge in [0.15, 0.2) is 14.9 Å². The van der Waals surface area contributed by atoms with Crippen molar-refractivity contribution in [3.8, 4) is 0 Å². The van der Waals surface area contributed by atoms with Crippen LogP contribution >= 0.6 is 12.2 Å². The van der Waals surface area contributed by atoms with E-state index in [1.54, 1.807) is 6.92 Å².